The second-order valence-corrected chi connectivity index (χ2v) is 2.67. The van der Waals surface area contributed by atoms with Crippen molar-refractivity contribution in [2.45, 2.75) is 37.8 Å². The predicted octanol–water partition coefficient (Wildman–Crippen LogP) is -0.468. The maximum atomic E-state index is 9.00. The number of hydrogen-bond donors (Lipinski definition) is 2. The first-order valence-electron chi connectivity index (χ1n) is 3.30. The lowest BCUT2D eigenvalue weighted by Crippen LogP contribution is -2.62. The van der Waals surface area contributed by atoms with Crippen LogP contribution >= 0.6 is 0 Å². The minimum atomic E-state index is -0.0204. The van der Waals surface area contributed by atoms with Crippen LogP contribution in [-0.4, -0.2) is 17.3 Å². The predicted molar refractivity (Wildman–Crippen MR) is 31.2 cm³/mol. The number of aliphatic hydroxyl groups is 1. The molecular weight excluding hydrogens is 102 g/mol. The molecule has 0 aromatic heterocycles. The van der Waals surface area contributed by atoms with Crippen LogP contribution < -0.4 is 5.73 Å². The third kappa shape index (κ3) is 1.46. The molecule has 48 valence electrons. The zero-order chi connectivity index (χ0) is 5.98. The van der Waals surface area contributed by atoms with E-state index in [0.717, 1.165) is 25.7 Å². The van der Waals surface area contributed by atoms with Crippen LogP contribution in [0.3, 0.4) is 0 Å². The Labute approximate surface area is 49.7 Å². The van der Waals surface area contributed by atoms with Crippen molar-refractivity contribution in [2.24, 2.45) is 0 Å². The highest BCUT2D eigenvalue weighted by Crippen LogP contribution is 2.14. The van der Waals surface area contributed by atoms with Gasteiger partial charge in [-0.25, -0.2) is 0 Å². The van der Waals surface area contributed by atoms with Gasteiger partial charge in [0.1, 0.15) is 0 Å². The zero-order valence-corrected chi connectivity index (χ0v) is 5.14. The molecule has 8 heavy (non-hydrogen) atoms. The van der Waals surface area contributed by atoms with Gasteiger partial charge in [0.15, 0.2) is 0 Å². The van der Waals surface area contributed by atoms with E-state index in [1.54, 1.807) is 0 Å². The number of rotatable bonds is 0. The molecule has 1 fully saturated rings. The molecule has 1 aliphatic rings. The molecular formula is C6H14NO+. The van der Waals surface area contributed by atoms with Crippen LogP contribution in [0, 0.1) is 0 Å². The highest BCUT2D eigenvalue weighted by atomic mass is 16.3. The molecule has 2 nitrogen and oxygen atoms in total. The molecule has 0 unspecified atom stereocenters. The van der Waals surface area contributed by atoms with Gasteiger partial charge in [-0.15, -0.1) is 0 Å². The Morgan fingerprint density at radius 3 is 2.00 bits per heavy atom. The first kappa shape index (κ1) is 6.05. The fraction of sp³-hybridized carbons (Fsp3) is 1.00. The van der Waals surface area contributed by atoms with E-state index in [0.29, 0.717) is 6.04 Å². The van der Waals surface area contributed by atoms with E-state index in [1.807, 2.05) is 0 Å². The summed E-state index contributed by atoms with van der Waals surface area (Å²) in [5.74, 6) is 0. The lowest BCUT2D eigenvalue weighted by Gasteiger charge is -2.18. The van der Waals surface area contributed by atoms with Gasteiger partial charge in [0.25, 0.3) is 0 Å². The third-order valence-electron chi connectivity index (χ3n) is 1.82. The molecule has 1 aliphatic carbocycles. The van der Waals surface area contributed by atoms with Gasteiger partial charge in [-0.05, 0) is 12.8 Å². The fourth-order valence-corrected chi connectivity index (χ4v) is 1.14. The van der Waals surface area contributed by atoms with Crippen molar-refractivity contribution < 1.29 is 10.8 Å². The second kappa shape index (κ2) is 2.46. The first-order chi connectivity index (χ1) is 3.79. The Bertz CT molecular complexity index is 56.9. The molecule has 0 bridgehead atoms. The monoisotopic (exact) mass is 116 g/mol. The number of hydrogen-bond acceptors (Lipinski definition) is 1. The van der Waals surface area contributed by atoms with Crippen molar-refractivity contribution in [1.82, 2.24) is 0 Å². The molecule has 0 saturated heterocycles. The molecule has 1 saturated carbocycles. The van der Waals surface area contributed by atoms with E-state index in [9.17, 15) is 0 Å². The average Bonchev–Trinajstić information content (AvgIpc) is 1.77. The average molecular weight is 116 g/mol. The molecule has 0 aliphatic heterocycles. The van der Waals surface area contributed by atoms with Gasteiger partial charge in [0.2, 0.25) is 0 Å². The summed E-state index contributed by atoms with van der Waals surface area (Å²) in [4.78, 5) is 0. The maximum Gasteiger partial charge on any atom is 0.0845 e. The van der Waals surface area contributed by atoms with E-state index >= 15 is 0 Å². The van der Waals surface area contributed by atoms with Crippen molar-refractivity contribution in [3.05, 3.63) is 0 Å². The quantitative estimate of drug-likeness (QED) is 0.441. The van der Waals surface area contributed by atoms with Gasteiger partial charge in [-0.1, -0.05) is 0 Å². The van der Waals surface area contributed by atoms with Crippen LogP contribution in [0.25, 0.3) is 0 Å². The van der Waals surface area contributed by atoms with Crippen molar-refractivity contribution >= 4 is 0 Å². The lowest BCUT2D eigenvalue weighted by molar-refractivity contribution is -0.427. The Morgan fingerprint density at radius 1 is 1.12 bits per heavy atom. The largest absolute Gasteiger partial charge is 0.393 e. The van der Waals surface area contributed by atoms with Crippen molar-refractivity contribution in [1.29, 1.82) is 0 Å². The molecule has 4 N–H and O–H groups in total. The summed E-state index contributed by atoms with van der Waals surface area (Å²) in [5.41, 5.74) is 3.92. The zero-order valence-electron chi connectivity index (χ0n) is 5.14. The van der Waals surface area contributed by atoms with Gasteiger partial charge >= 0.3 is 0 Å². The smallest absolute Gasteiger partial charge is 0.0845 e. The molecule has 0 amide bonds. The Hall–Kier alpha value is -0.0800. The van der Waals surface area contributed by atoms with Crippen LogP contribution in [0.15, 0.2) is 0 Å². The number of quaternary nitrogens is 1. The van der Waals surface area contributed by atoms with Gasteiger partial charge in [-0.2, -0.15) is 0 Å². The lowest BCUT2D eigenvalue weighted by atomic mass is 9.94. The second-order valence-electron chi connectivity index (χ2n) is 2.67. The summed E-state index contributed by atoms with van der Waals surface area (Å²) in [7, 11) is 0. The van der Waals surface area contributed by atoms with Gasteiger partial charge in [0.05, 0.1) is 12.1 Å². The molecule has 2 heteroatoms. The highest BCUT2D eigenvalue weighted by Gasteiger charge is 2.17. The van der Waals surface area contributed by atoms with E-state index in [2.05, 4.69) is 5.73 Å². The summed E-state index contributed by atoms with van der Waals surface area (Å²) in [6.07, 6.45) is 4.14. The van der Waals surface area contributed by atoms with Crippen LogP contribution in [0.2, 0.25) is 0 Å². The molecule has 0 aromatic carbocycles. The molecule has 0 atom stereocenters. The van der Waals surface area contributed by atoms with Crippen molar-refractivity contribution in [3.8, 4) is 0 Å². The maximum absolute atomic E-state index is 9.00. The summed E-state index contributed by atoms with van der Waals surface area (Å²) < 4.78 is 0. The van der Waals surface area contributed by atoms with E-state index in [-0.39, 0.29) is 6.10 Å². The minimum Gasteiger partial charge on any atom is -0.393 e. The molecule has 1 rings (SSSR count). The highest BCUT2D eigenvalue weighted by molar-refractivity contribution is 4.68. The summed E-state index contributed by atoms with van der Waals surface area (Å²) in [6, 6.07) is 0.610. The third-order valence-corrected chi connectivity index (χ3v) is 1.82. The summed E-state index contributed by atoms with van der Waals surface area (Å²) in [5, 5.41) is 9.00. The van der Waals surface area contributed by atoms with Crippen LogP contribution in [0.4, 0.5) is 0 Å². The van der Waals surface area contributed by atoms with E-state index in [1.165, 1.54) is 0 Å². The Balaban J connectivity index is 2.19. The van der Waals surface area contributed by atoms with Gasteiger partial charge in [0, 0.05) is 12.8 Å². The SMILES string of the molecule is [NH3+]C1CCC(O)CC1. The number of aliphatic hydroxyl groups excluding tert-OH is 1. The van der Waals surface area contributed by atoms with Gasteiger partial charge in [-0.3, -0.25) is 0 Å². The molecule has 0 radical (unpaired) electrons. The van der Waals surface area contributed by atoms with E-state index < -0.39 is 0 Å². The van der Waals surface area contributed by atoms with Crippen molar-refractivity contribution in [3.63, 3.8) is 0 Å². The minimum absolute atomic E-state index is 0.0204. The fourth-order valence-electron chi connectivity index (χ4n) is 1.14. The normalized spacial score (nSPS) is 39.8. The van der Waals surface area contributed by atoms with Crippen LogP contribution in [-0.2, 0) is 0 Å². The van der Waals surface area contributed by atoms with Crippen molar-refractivity contribution in [2.75, 3.05) is 0 Å². The Kier molecular flexibility index (Phi) is 1.86. The Morgan fingerprint density at radius 2 is 1.62 bits per heavy atom. The topological polar surface area (TPSA) is 47.9 Å². The van der Waals surface area contributed by atoms with E-state index in [4.69, 9.17) is 5.11 Å². The molecule has 0 spiro atoms. The standard InChI is InChI=1S/C6H13NO/c7-5-1-3-6(8)4-2-5/h5-6,8H,1-4,7H2/p+1. The van der Waals surface area contributed by atoms with Gasteiger partial charge < -0.3 is 10.8 Å². The summed E-state index contributed by atoms with van der Waals surface area (Å²) in [6.45, 7) is 0. The first-order valence-corrected chi connectivity index (χ1v) is 3.30. The van der Waals surface area contributed by atoms with Crippen LogP contribution in [0.1, 0.15) is 25.7 Å². The molecule has 0 aromatic rings. The molecule has 0 heterocycles. The summed E-state index contributed by atoms with van der Waals surface area (Å²) >= 11 is 0. The van der Waals surface area contributed by atoms with Crippen LogP contribution in [0.5, 0.6) is 0 Å².